The quantitative estimate of drug-likeness (QED) is 0.287. The highest BCUT2D eigenvalue weighted by Gasteiger charge is 2.16. The second kappa shape index (κ2) is 11.4. The van der Waals surface area contributed by atoms with Crippen LogP contribution in [0, 0.1) is 11.7 Å². The molecule has 2 aromatic rings. The Balaban J connectivity index is 1.69. The second-order valence-corrected chi connectivity index (χ2v) is 8.38. The van der Waals surface area contributed by atoms with Gasteiger partial charge in [0.25, 0.3) is 0 Å². The molecule has 0 bridgehead atoms. The zero-order chi connectivity index (χ0) is 21.3. The van der Waals surface area contributed by atoms with E-state index in [1.165, 1.54) is 30.4 Å². The maximum atomic E-state index is 14.9. The Morgan fingerprint density at radius 3 is 2.50 bits per heavy atom. The van der Waals surface area contributed by atoms with Crippen LogP contribution in [0.15, 0.2) is 54.6 Å². The highest BCUT2D eigenvalue weighted by atomic mass is 35.5. The Morgan fingerprint density at radius 1 is 1.07 bits per heavy atom. The minimum absolute atomic E-state index is 0.0600. The van der Waals surface area contributed by atoms with Crippen molar-refractivity contribution in [2.24, 2.45) is 5.92 Å². The van der Waals surface area contributed by atoms with Crippen molar-refractivity contribution in [1.82, 2.24) is 0 Å². The van der Waals surface area contributed by atoms with Crippen LogP contribution in [0.4, 0.5) is 4.39 Å². The first-order valence-electron chi connectivity index (χ1n) is 11.2. The van der Waals surface area contributed by atoms with Crippen LogP contribution >= 0.6 is 11.6 Å². The molecular weight excluding hydrogens is 395 g/mol. The fraction of sp³-hybridized carbons (Fsp3) is 0.407. The summed E-state index contributed by atoms with van der Waals surface area (Å²) in [7, 11) is 0. The van der Waals surface area contributed by atoms with Crippen molar-refractivity contribution in [3.8, 4) is 16.9 Å². The van der Waals surface area contributed by atoms with E-state index in [1.54, 1.807) is 12.1 Å². The summed E-state index contributed by atoms with van der Waals surface area (Å²) in [6.07, 6.45) is 14.8. The normalized spacial score (nSPS) is 16.7. The molecule has 0 spiro atoms. The van der Waals surface area contributed by atoms with Gasteiger partial charge in [-0.3, -0.25) is 0 Å². The average Bonchev–Trinajstić information content (AvgIpc) is 2.78. The number of allylic oxidation sites excluding steroid dienone is 4. The van der Waals surface area contributed by atoms with Crippen LogP contribution in [-0.4, -0.2) is 6.61 Å². The Hall–Kier alpha value is -2.06. The molecule has 2 aromatic carbocycles. The largest absolute Gasteiger partial charge is 0.492 e. The lowest BCUT2D eigenvalue weighted by Crippen LogP contribution is -2.02. The number of rotatable bonds is 9. The van der Waals surface area contributed by atoms with Gasteiger partial charge in [0, 0.05) is 5.56 Å². The first-order chi connectivity index (χ1) is 14.6. The third-order valence-electron chi connectivity index (χ3n) is 5.68. The van der Waals surface area contributed by atoms with Crippen molar-refractivity contribution in [3.63, 3.8) is 0 Å². The third kappa shape index (κ3) is 5.76. The molecule has 0 saturated heterocycles. The van der Waals surface area contributed by atoms with Crippen LogP contribution in [0.1, 0.15) is 64.4 Å². The van der Waals surface area contributed by atoms with Gasteiger partial charge in [-0.15, -0.1) is 0 Å². The summed E-state index contributed by atoms with van der Waals surface area (Å²) in [6, 6.07) is 11.7. The molecule has 1 aliphatic rings. The average molecular weight is 427 g/mol. The third-order valence-corrected chi connectivity index (χ3v) is 6.04. The molecule has 30 heavy (non-hydrogen) atoms. The number of ether oxygens (including phenoxy) is 1. The molecule has 1 unspecified atom stereocenters. The van der Waals surface area contributed by atoms with E-state index in [4.69, 9.17) is 16.3 Å². The Morgan fingerprint density at radius 2 is 1.83 bits per heavy atom. The van der Waals surface area contributed by atoms with E-state index in [9.17, 15) is 4.39 Å². The zero-order valence-electron chi connectivity index (χ0n) is 18.1. The summed E-state index contributed by atoms with van der Waals surface area (Å²) in [5, 5.41) is 0.0600. The van der Waals surface area contributed by atoms with Crippen molar-refractivity contribution in [2.45, 2.75) is 58.8 Å². The van der Waals surface area contributed by atoms with Crippen LogP contribution in [0.5, 0.6) is 5.75 Å². The molecule has 0 saturated carbocycles. The highest BCUT2D eigenvalue weighted by molar-refractivity contribution is 6.32. The number of hydrogen-bond donors (Lipinski definition) is 0. The highest BCUT2D eigenvalue weighted by Crippen LogP contribution is 2.36. The number of unbranched alkanes of at least 4 members (excludes halogenated alkanes) is 2. The number of halogens is 2. The summed E-state index contributed by atoms with van der Waals surface area (Å²) < 4.78 is 20.5. The van der Waals surface area contributed by atoms with Gasteiger partial charge in [-0.1, -0.05) is 80.8 Å². The van der Waals surface area contributed by atoms with Crippen molar-refractivity contribution >= 4 is 17.2 Å². The van der Waals surface area contributed by atoms with E-state index in [-0.39, 0.29) is 5.02 Å². The van der Waals surface area contributed by atoms with E-state index in [0.29, 0.717) is 23.8 Å². The van der Waals surface area contributed by atoms with E-state index in [2.05, 4.69) is 44.2 Å². The molecule has 1 atom stereocenters. The smallest absolute Gasteiger partial charge is 0.153 e. The minimum atomic E-state index is -0.419. The number of benzene rings is 2. The molecule has 160 valence electrons. The van der Waals surface area contributed by atoms with Gasteiger partial charge >= 0.3 is 0 Å². The Labute approximate surface area is 185 Å². The molecule has 0 N–H and O–H groups in total. The maximum Gasteiger partial charge on any atom is 0.153 e. The van der Waals surface area contributed by atoms with Crippen molar-refractivity contribution in [2.75, 3.05) is 6.61 Å². The lowest BCUT2D eigenvalue weighted by atomic mass is 9.86. The molecule has 1 aliphatic carbocycles. The van der Waals surface area contributed by atoms with Gasteiger partial charge in [0.2, 0.25) is 0 Å². The summed E-state index contributed by atoms with van der Waals surface area (Å²) in [5.41, 5.74) is 3.95. The molecular formula is C27H32ClFO. The summed E-state index contributed by atoms with van der Waals surface area (Å²) in [6.45, 7) is 4.85. The minimum Gasteiger partial charge on any atom is -0.492 e. The van der Waals surface area contributed by atoms with Gasteiger partial charge in [-0.25, -0.2) is 4.39 Å². The fourth-order valence-corrected chi connectivity index (χ4v) is 4.02. The van der Waals surface area contributed by atoms with E-state index >= 15 is 0 Å². The van der Waals surface area contributed by atoms with Crippen LogP contribution in [0.2, 0.25) is 5.02 Å². The lowest BCUT2D eigenvalue weighted by molar-refractivity contribution is 0.308. The van der Waals surface area contributed by atoms with Gasteiger partial charge in [-0.2, -0.15) is 0 Å². The molecule has 0 heterocycles. The molecule has 3 rings (SSSR count). The monoisotopic (exact) mass is 426 g/mol. The molecule has 0 fully saturated rings. The predicted molar refractivity (Wildman–Crippen MR) is 127 cm³/mol. The summed E-state index contributed by atoms with van der Waals surface area (Å²) >= 11 is 6.22. The van der Waals surface area contributed by atoms with Gasteiger partial charge in [0.15, 0.2) is 5.82 Å². The van der Waals surface area contributed by atoms with Gasteiger partial charge < -0.3 is 4.74 Å². The van der Waals surface area contributed by atoms with Crippen molar-refractivity contribution < 1.29 is 9.13 Å². The molecule has 1 nitrogen and oxygen atoms in total. The zero-order valence-corrected chi connectivity index (χ0v) is 18.9. The predicted octanol–water partition coefficient (Wildman–Crippen LogP) is 8.86. The Kier molecular flexibility index (Phi) is 8.57. The van der Waals surface area contributed by atoms with E-state index in [0.717, 1.165) is 31.2 Å². The first kappa shape index (κ1) is 22.6. The van der Waals surface area contributed by atoms with Gasteiger partial charge in [0.05, 0.1) is 6.61 Å². The van der Waals surface area contributed by atoms with Crippen LogP contribution in [0.3, 0.4) is 0 Å². The van der Waals surface area contributed by atoms with Gasteiger partial charge in [-0.05, 0) is 66.9 Å². The summed E-state index contributed by atoms with van der Waals surface area (Å²) in [5.74, 6) is 0.656. The van der Waals surface area contributed by atoms with Crippen molar-refractivity contribution in [3.05, 3.63) is 71.0 Å². The standard InChI is InChI=1S/C27H32ClFO/c1-3-5-7-8-20-9-11-21(12-10-20)22-13-15-23(16-14-22)24-17-18-25(26(28)27(24)29)30-19-6-4-2/h7-8,11,13-18,20H,3-6,9-10,12,19H2,1-2H3/b8-7+. The van der Waals surface area contributed by atoms with Crippen molar-refractivity contribution in [1.29, 1.82) is 0 Å². The Bertz CT molecular complexity index is 882. The van der Waals surface area contributed by atoms with Gasteiger partial charge in [0.1, 0.15) is 10.8 Å². The molecule has 0 aromatic heterocycles. The molecule has 0 radical (unpaired) electrons. The van der Waals surface area contributed by atoms with Crippen LogP contribution < -0.4 is 4.74 Å². The van der Waals surface area contributed by atoms with E-state index in [1.807, 2.05) is 12.1 Å². The van der Waals surface area contributed by atoms with E-state index < -0.39 is 5.82 Å². The fourth-order valence-electron chi connectivity index (χ4n) is 3.80. The first-order valence-corrected chi connectivity index (χ1v) is 11.6. The second-order valence-electron chi connectivity index (χ2n) is 8.00. The number of hydrogen-bond acceptors (Lipinski definition) is 1. The maximum absolute atomic E-state index is 14.9. The van der Waals surface area contributed by atoms with Crippen LogP contribution in [0.25, 0.3) is 16.7 Å². The SMILES string of the molecule is CCC/C=C/C1CC=C(c2ccc(-c3ccc(OCCCC)c(Cl)c3F)cc2)CC1. The summed E-state index contributed by atoms with van der Waals surface area (Å²) in [4.78, 5) is 0. The molecule has 3 heteroatoms. The molecule has 0 aliphatic heterocycles. The lowest BCUT2D eigenvalue weighted by Gasteiger charge is -2.20. The topological polar surface area (TPSA) is 9.23 Å². The van der Waals surface area contributed by atoms with Crippen LogP contribution in [-0.2, 0) is 0 Å². The molecule has 0 amide bonds.